The molecule has 2 amide bonds. The molecule has 1 aromatic heterocycles. The summed E-state index contributed by atoms with van der Waals surface area (Å²) >= 11 is 0. The lowest BCUT2D eigenvalue weighted by molar-refractivity contribution is -0.115. The third-order valence-electron chi connectivity index (χ3n) is 9.13. The number of aliphatic hydroxyl groups is 1. The predicted octanol–water partition coefficient (Wildman–Crippen LogP) is 6.50. The molecule has 4 aromatic carbocycles. The maximum absolute atomic E-state index is 13.9. The molecule has 254 valence electrons. The summed E-state index contributed by atoms with van der Waals surface area (Å²) in [5.41, 5.74) is 4.00. The molecule has 0 unspecified atom stereocenters. The van der Waals surface area contributed by atoms with Gasteiger partial charge in [0.15, 0.2) is 0 Å². The Morgan fingerprint density at radius 2 is 1.73 bits per heavy atom. The van der Waals surface area contributed by atoms with Gasteiger partial charge in [-0.25, -0.2) is 0 Å². The Hall–Kier alpha value is -5.12. The average molecular weight is 661 g/mol. The van der Waals surface area contributed by atoms with Gasteiger partial charge in [0.05, 0.1) is 24.6 Å². The number of aromatic nitrogens is 1. The summed E-state index contributed by atoms with van der Waals surface area (Å²) < 4.78 is 14.6. The van der Waals surface area contributed by atoms with Crippen LogP contribution in [-0.4, -0.2) is 70.2 Å². The number of fused-ring (bicyclic) bond motifs is 2. The largest absolute Gasteiger partial charge is 0.488 e. The first-order chi connectivity index (χ1) is 23.7. The van der Waals surface area contributed by atoms with E-state index >= 15 is 0 Å². The number of aryl methyl sites for hydroxylation is 1. The van der Waals surface area contributed by atoms with Gasteiger partial charge in [-0.3, -0.25) is 14.5 Å². The predicted molar refractivity (Wildman–Crippen MR) is 192 cm³/mol. The molecule has 3 atom stereocenters. The molecule has 0 saturated carbocycles. The van der Waals surface area contributed by atoms with Crippen LogP contribution in [0, 0.1) is 5.92 Å². The second-order valence-electron chi connectivity index (χ2n) is 13.1. The molecule has 0 spiro atoms. The molecular weight excluding hydrogens is 616 g/mol. The summed E-state index contributed by atoms with van der Waals surface area (Å²) in [5, 5.41) is 14.1. The van der Waals surface area contributed by atoms with Gasteiger partial charge in [0.1, 0.15) is 23.4 Å². The van der Waals surface area contributed by atoms with Crippen molar-refractivity contribution in [1.29, 1.82) is 0 Å². The summed E-state index contributed by atoms with van der Waals surface area (Å²) in [6.07, 6.45) is 1.94. The van der Waals surface area contributed by atoms with E-state index in [1.165, 1.54) is 0 Å². The SMILES string of the molecule is C[C@@H]1CN([C@H](C)CO)C(=O)c2cc(NC(=O)Cc3cn(C)c4ccccc34)ccc2O[C@@H]1CN(C)Cc1ccc(Oc2ccccc2)cc1. The van der Waals surface area contributed by atoms with Crippen molar-refractivity contribution in [2.24, 2.45) is 13.0 Å². The van der Waals surface area contributed by atoms with Gasteiger partial charge in [-0.15, -0.1) is 0 Å². The third kappa shape index (κ3) is 7.96. The van der Waals surface area contributed by atoms with Gasteiger partial charge in [0.2, 0.25) is 5.91 Å². The van der Waals surface area contributed by atoms with E-state index in [0.29, 0.717) is 36.6 Å². The van der Waals surface area contributed by atoms with Crippen LogP contribution >= 0.6 is 0 Å². The van der Waals surface area contributed by atoms with Gasteiger partial charge >= 0.3 is 0 Å². The Kier molecular flexibility index (Phi) is 10.3. The molecule has 2 heterocycles. The monoisotopic (exact) mass is 660 g/mol. The van der Waals surface area contributed by atoms with Crippen molar-refractivity contribution in [3.05, 3.63) is 120 Å². The fourth-order valence-electron chi connectivity index (χ4n) is 6.43. The van der Waals surface area contributed by atoms with Crippen LogP contribution in [0.3, 0.4) is 0 Å². The van der Waals surface area contributed by atoms with Gasteiger partial charge in [0.25, 0.3) is 5.91 Å². The molecule has 9 heteroatoms. The Morgan fingerprint density at radius 3 is 2.49 bits per heavy atom. The zero-order chi connectivity index (χ0) is 34.5. The molecule has 1 aliphatic rings. The highest BCUT2D eigenvalue weighted by Gasteiger charge is 2.33. The second kappa shape index (κ2) is 15.0. The van der Waals surface area contributed by atoms with Gasteiger partial charge in [-0.05, 0) is 73.6 Å². The highest BCUT2D eigenvalue weighted by molar-refractivity contribution is 6.00. The third-order valence-corrected chi connectivity index (χ3v) is 9.13. The van der Waals surface area contributed by atoms with Crippen molar-refractivity contribution in [3.8, 4) is 17.2 Å². The summed E-state index contributed by atoms with van der Waals surface area (Å²) in [7, 11) is 4.02. The van der Waals surface area contributed by atoms with Crippen LogP contribution in [0.2, 0.25) is 0 Å². The van der Waals surface area contributed by atoms with Crippen LogP contribution in [0.1, 0.15) is 35.3 Å². The number of likely N-dealkylation sites (N-methyl/N-ethyl adjacent to an activating group) is 1. The normalized spacial score (nSPS) is 16.9. The Bertz CT molecular complexity index is 1910. The number of nitrogens with zero attached hydrogens (tertiary/aromatic N) is 3. The number of nitrogens with one attached hydrogen (secondary N) is 1. The lowest BCUT2D eigenvalue weighted by atomic mass is 9.99. The van der Waals surface area contributed by atoms with Crippen molar-refractivity contribution >= 4 is 28.4 Å². The van der Waals surface area contributed by atoms with Crippen LogP contribution in [0.5, 0.6) is 17.2 Å². The number of amides is 2. The maximum atomic E-state index is 13.9. The molecule has 49 heavy (non-hydrogen) atoms. The Balaban J connectivity index is 1.16. The van der Waals surface area contributed by atoms with E-state index in [1.54, 1.807) is 23.1 Å². The first-order valence-corrected chi connectivity index (χ1v) is 16.7. The molecule has 0 radical (unpaired) electrons. The van der Waals surface area contributed by atoms with E-state index in [0.717, 1.165) is 33.5 Å². The second-order valence-corrected chi connectivity index (χ2v) is 13.1. The lowest BCUT2D eigenvalue weighted by Gasteiger charge is -2.38. The molecular formula is C40H44N4O5. The van der Waals surface area contributed by atoms with E-state index in [4.69, 9.17) is 9.47 Å². The number of aliphatic hydroxyl groups excluding tert-OH is 1. The molecule has 0 aliphatic carbocycles. The first kappa shape index (κ1) is 33.8. The summed E-state index contributed by atoms with van der Waals surface area (Å²) in [6, 6.07) is 30.6. The molecule has 0 bridgehead atoms. The molecule has 9 nitrogen and oxygen atoms in total. The molecule has 0 saturated heterocycles. The smallest absolute Gasteiger partial charge is 0.258 e. The van der Waals surface area contributed by atoms with Crippen LogP contribution < -0.4 is 14.8 Å². The van der Waals surface area contributed by atoms with Crippen LogP contribution in [0.25, 0.3) is 10.9 Å². The fourth-order valence-corrected chi connectivity index (χ4v) is 6.43. The van der Waals surface area contributed by atoms with Crippen molar-refractivity contribution in [2.45, 2.75) is 39.0 Å². The number of benzene rings is 4. The quantitative estimate of drug-likeness (QED) is 0.168. The number of anilines is 1. The van der Waals surface area contributed by atoms with Gasteiger partial charge in [-0.1, -0.05) is 55.5 Å². The summed E-state index contributed by atoms with van der Waals surface area (Å²) in [6.45, 7) is 5.48. The number of carbonyl (C=O) groups excluding carboxylic acids is 2. The zero-order valence-electron chi connectivity index (χ0n) is 28.5. The van der Waals surface area contributed by atoms with Crippen LogP contribution in [0.4, 0.5) is 5.69 Å². The topological polar surface area (TPSA) is 96.3 Å². The number of para-hydroxylation sites is 2. The molecule has 1 aliphatic heterocycles. The van der Waals surface area contributed by atoms with Crippen LogP contribution in [-0.2, 0) is 24.8 Å². The first-order valence-electron chi connectivity index (χ1n) is 16.7. The summed E-state index contributed by atoms with van der Waals surface area (Å²) in [5.74, 6) is 1.59. The van der Waals surface area contributed by atoms with E-state index in [2.05, 4.69) is 36.3 Å². The van der Waals surface area contributed by atoms with E-state index in [1.807, 2.05) is 91.5 Å². The molecule has 6 rings (SSSR count). The highest BCUT2D eigenvalue weighted by atomic mass is 16.5. The van der Waals surface area contributed by atoms with E-state index in [9.17, 15) is 14.7 Å². The number of carbonyl (C=O) groups is 2. The van der Waals surface area contributed by atoms with Crippen molar-refractivity contribution in [2.75, 3.05) is 32.1 Å². The Labute approximate surface area is 287 Å². The van der Waals surface area contributed by atoms with E-state index < -0.39 is 0 Å². The summed E-state index contributed by atoms with van der Waals surface area (Å²) in [4.78, 5) is 31.0. The minimum absolute atomic E-state index is 0.0183. The van der Waals surface area contributed by atoms with Crippen LogP contribution in [0.15, 0.2) is 103 Å². The Morgan fingerprint density at radius 1 is 1.02 bits per heavy atom. The van der Waals surface area contributed by atoms with E-state index in [-0.39, 0.29) is 42.9 Å². The average Bonchev–Trinajstić information content (AvgIpc) is 3.41. The lowest BCUT2D eigenvalue weighted by Crippen LogP contribution is -2.49. The van der Waals surface area contributed by atoms with Gasteiger partial charge < -0.3 is 29.4 Å². The molecule has 0 fully saturated rings. The highest BCUT2D eigenvalue weighted by Crippen LogP contribution is 2.31. The van der Waals surface area contributed by atoms with Gasteiger partial charge in [0, 0.05) is 55.4 Å². The zero-order valence-corrected chi connectivity index (χ0v) is 28.5. The fraction of sp³-hybridized carbons (Fsp3) is 0.300. The van der Waals surface area contributed by atoms with Crippen molar-refractivity contribution < 1.29 is 24.2 Å². The van der Waals surface area contributed by atoms with Crippen molar-refractivity contribution in [3.63, 3.8) is 0 Å². The van der Waals surface area contributed by atoms with Gasteiger partial charge in [-0.2, -0.15) is 0 Å². The molecule has 2 N–H and O–H groups in total. The number of rotatable bonds is 11. The minimum atomic E-state index is -0.388. The maximum Gasteiger partial charge on any atom is 0.258 e. The van der Waals surface area contributed by atoms with Crippen molar-refractivity contribution in [1.82, 2.24) is 14.4 Å². The number of hydrogen-bond donors (Lipinski definition) is 2. The number of ether oxygens (including phenoxy) is 2. The minimum Gasteiger partial charge on any atom is -0.488 e. The number of hydrogen-bond acceptors (Lipinski definition) is 6. The molecule has 5 aromatic rings. The standard InChI is InChI=1S/C40H44N4O5/c1-27-22-44(28(2)26-45)40(47)35-21-31(41-39(46)20-30-24-43(4)36-13-9-8-12-34(30)36)16-19-37(35)49-38(27)25-42(3)23-29-14-17-33(18-15-29)48-32-10-6-5-7-11-32/h5-19,21,24,27-28,38,45H,20,22-23,25-26H2,1-4H3,(H,41,46)/t27-,28-,38-/m1/s1.